The van der Waals surface area contributed by atoms with Crippen LogP contribution in [0.5, 0.6) is 0 Å². The molecule has 1 aliphatic rings. The van der Waals surface area contributed by atoms with Gasteiger partial charge in [-0.2, -0.15) is 5.26 Å². The van der Waals surface area contributed by atoms with Gasteiger partial charge in [0, 0.05) is 33.3 Å². The third-order valence-electron chi connectivity index (χ3n) is 4.90. The molecule has 0 atom stereocenters. The Hall–Kier alpha value is -3.35. The number of aromatic nitrogens is 1. The van der Waals surface area contributed by atoms with E-state index in [1.54, 1.807) is 12.1 Å². The molecule has 0 radical (unpaired) electrons. The maximum absolute atomic E-state index is 12.4. The fraction of sp³-hybridized carbons (Fsp3) is 0.174. The Morgan fingerprint density at radius 3 is 2.47 bits per heavy atom. The number of nitrogens with one attached hydrogen (secondary N) is 1. The van der Waals surface area contributed by atoms with Gasteiger partial charge >= 0.3 is 0 Å². The predicted octanol–water partition coefficient (Wildman–Crippen LogP) is 5.23. The molecule has 2 aromatic carbocycles. The lowest BCUT2D eigenvalue weighted by Crippen LogP contribution is -2.14. The van der Waals surface area contributed by atoms with Crippen LogP contribution in [0.15, 0.2) is 69.4 Å². The Labute approximate surface area is 193 Å². The quantitative estimate of drug-likeness (QED) is 0.291. The van der Waals surface area contributed by atoms with E-state index in [0.29, 0.717) is 16.3 Å². The lowest BCUT2D eigenvalue weighted by atomic mass is 10.2. The lowest BCUT2D eigenvalue weighted by Gasteiger charge is -2.08. The molecule has 7 nitrogen and oxygen atoms in total. The number of pyridine rings is 1. The number of hydrogen-bond donors (Lipinski definition) is 1. The summed E-state index contributed by atoms with van der Waals surface area (Å²) in [6.45, 7) is 0. The fourth-order valence-electron chi connectivity index (χ4n) is 3.35. The number of non-ortho nitro benzene ring substituents is 1. The molecule has 0 bridgehead atoms. The van der Waals surface area contributed by atoms with E-state index in [9.17, 15) is 20.2 Å². The van der Waals surface area contributed by atoms with E-state index in [2.05, 4.69) is 16.4 Å². The molecule has 0 saturated carbocycles. The van der Waals surface area contributed by atoms with E-state index in [0.717, 1.165) is 40.3 Å². The number of nitro groups is 1. The first kappa shape index (κ1) is 21.9. The fourth-order valence-corrected chi connectivity index (χ4v) is 4.94. The first-order valence-corrected chi connectivity index (χ1v) is 11.7. The highest BCUT2D eigenvalue weighted by atomic mass is 32.2. The Morgan fingerprint density at radius 2 is 1.81 bits per heavy atom. The van der Waals surface area contributed by atoms with Gasteiger partial charge in [0.1, 0.15) is 11.1 Å². The van der Waals surface area contributed by atoms with Gasteiger partial charge in [0.2, 0.25) is 5.91 Å². The molecule has 0 aliphatic heterocycles. The minimum absolute atomic E-state index is 0.0576. The van der Waals surface area contributed by atoms with E-state index in [-0.39, 0.29) is 17.3 Å². The minimum Gasteiger partial charge on any atom is -0.325 e. The summed E-state index contributed by atoms with van der Waals surface area (Å²) in [4.78, 5) is 29.1. The number of carbonyl (C=O) groups is 1. The van der Waals surface area contributed by atoms with E-state index in [1.807, 2.05) is 30.3 Å². The average Bonchev–Trinajstić information content (AvgIpc) is 3.26. The third kappa shape index (κ3) is 5.28. The molecule has 1 aromatic heterocycles. The maximum atomic E-state index is 12.4. The van der Waals surface area contributed by atoms with Crippen molar-refractivity contribution in [3.63, 3.8) is 0 Å². The highest BCUT2D eigenvalue weighted by Gasteiger charge is 2.17. The molecule has 9 heteroatoms. The van der Waals surface area contributed by atoms with Crippen molar-refractivity contribution in [2.75, 3.05) is 11.1 Å². The molecular weight excluding hydrogens is 444 g/mol. The molecule has 0 spiro atoms. The number of anilines is 1. The second-order valence-corrected chi connectivity index (χ2v) is 9.24. The van der Waals surface area contributed by atoms with Crippen LogP contribution in [0.3, 0.4) is 0 Å². The van der Waals surface area contributed by atoms with Crippen molar-refractivity contribution in [1.82, 2.24) is 4.98 Å². The Morgan fingerprint density at radius 1 is 1.12 bits per heavy atom. The van der Waals surface area contributed by atoms with Crippen LogP contribution in [0.1, 0.15) is 23.2 Å². The van der Waals surface area contributed by atoms with Crippen LogP contribution in [0, 0.1) is 21.4 Å². The van der Waals surface area contributed by atoms with E-state index in [4.69, 9.17) is 0 Å². The van der Waals surface area contributed by atoms with Crippen LogP contribution in [0.2, 0.25) is 0 Å². The summed E-state index contributed by atoms with van der Waals surface area (Å²) in [6.07, 6.45) is 2.94. The van der Waals surface area contributed by atoms with Crippen molar-refractivity contribution in [1.29, 1.82) is 5.26 Å². The Balaban J connectivity index is 1.32. The number of nitro benzene ring substituents is 1. The smallest absolute Gasteiger partial charge is 0.269 e. The number of fused-ring (bicyclic) bond motifs is 1. The molecule has 1 N–H and O–H groups in total. The van der Waals surface area contributed by atoms with Crippen LogP contribution in [-0.4, -0.2) is 21.6 Å². The number of nitriles is 1. The summed E-state index contributed by atoms with van der Waals surface area (Å²) >= 11 is 2.75. The molecule has 0 saturated heterocycles. The molecule has 0 unspecified atom stereocenters. The van der Waals surface area contributed by atoms with Crippen LogP contribution < -0.4 is 5.32 Å². The first-order valence-electron chi connectivity index (χ1n) is 9.90. The van der Waals surface area contributed by atoms with E-state index in [1.165, 1.54) is 35.7 Å². The summed E-state index contributed by atoms with van der Waals surface area (Å²) in [5.74, 6) is -0.00305. The van der Waals surface area contributed by atoms with Crippen LogP contribution >= 0.6 is 23.5 Å². The van der Waals surface area contributed by atoms with Crippen LogP contribution in [-0.2, 0) is 17.6 Å². The predicted molar refractivity (Wildman–Crippen MR) is 124 cm³/mol. The monoisotopic (exact) mass is 462 g/mol. The van der Waals surface area contributed by atoms with Crippen molar-refractivity contribution in [3.05, 3.63) is 81.5 Å². The standard InChI is InChI=1S/C23H18N4O3S2/c24-13-16-12-15-2-1-3-21(15)26-23(16)31-14-22(28)25-17-4-8-19(9-5-17)32-20-10-6-18(7-11-20)27(29)30/h4-12H,1-3,14H2,(H,25,28). The zero-order valence-corrected chi connectivity index (χ0v) is 18.5. The topological polar surface area (TPSA) is 109 Å². The Kier molecular flexibility index (Phi) is 6.73. The number of aryl methyl sites for hydroxylation is 2. The van der Waals surface area contributed by atoms with Gasteiger partial charge in [0.05, 0.1) is 16.2 Å². The van der Waals surface area contributed by atoms with E-state index >= 15 is 0 Å². The summed E-state index contributed by atoms with van der Waals surface area (Å²) < 4.78 is 0. The number of nitrogens with zero attached hydrogens (tertiary/aromatic N) is 3. The van der Waals surface area contributed by atoms with Gasteiger partial charge in [-0.3, -0.25) is 14.9 Å². The summed E-state index contributed by atoms with van der Waals surface area (Å²) in [7, 11) is 0. The zero-order chi connectivity index (χ0) is 22.5. The van der Waals surface area contributed by atoms with Gasteiger partial charge in [-0.1, -0.05) is 23.5 Å². The molecule has 160 valence electrons. The number of carbonyl (C=O) groups excluding carboxylic acids is 1. The summed E-state index contributed by atoms with van der Waals surface area (Å²) in [5.41, 5.74) is 3.43. The Bertz CT molecular complexity index is 1210. The second kappa shape index (κ2) is 9.85. The van der Waals surface area contributed by atoms with Crippen molar-refractivity contribution in [2.45, 2.75) is 34.1 Å². The number of rotatable bonds is 7. The summed E-state index contributed by atoms with van der Waals surface area (Å²) in [6, 6.07) is 17.8. The van der Waals surface area contributed by atoms with Crippen molar-refractivity contribution < 1.29 is 9.72 Å². The van der Waals surface area contributed by atoms with Crippen LogP contribution in [0.25, 0.3) is 0 Å². The molecule has 1 aliphatic carbocycles. The second-order valence-electron chi connectivity index (χ2n) is 7.13. The average molecular weight is 463 g/mol. The van der Waals surface area contributed by atoms with Crippen molar-refractivity contribution in [3.8, 4) is 6.07 Å². The van der Waals surface area contributed by atoms with Gasteiger partial charge in [-0.05, 0) is 67.3 Å². The molecule has 1 heterocycles. The number of hydrogen-bond acceptors (Lipinski definition) is 7. The van der Waals surface area contributed by atoms with Crippen molar-refractivity contribution in [2.24, 2.45) is 0 Å². The molecule has 3 aromatic rings. The highest BCUT2D eigenvalue weighted by Crippen LogP contribution is 2.30. The minimum atomic E-state index is -0.425. The van der Waals surface area contributed by atoms with Gasteiger partial charge in [0.25, 0.3) is 5.69 Å². The largest absolute Gasteiger partial charge is 0.325 e. The molecule has 32 heavy (non-hydrogen) atoms. The molecule has 4 rings (SSSR count). The van der Waals surface area contributed by atoms with Crippen LogP contribution in [0.4, 0.5) is 11.4 Å². The molecule has 0 fully saturated rings. The van der Waals surface area contributed by atoms with Gasteiger partial charge in [-0.25, -0.2) is 4.98 Å². The number of amides is 1. The number of thioether (sulfide) groups is 1. The zero-order valence-electron chi connectivity index (χ0n) is 16.9. The SMILES string of the molecule is N#Cc1cc2c(nc1SCC(=O)Nc1ccc(Sc3ccc([N+](=O)[O-])cc3)cc1)CCC2. The highest BCUT2D eigenvalue weighted by molar-refractivity contribution is 8.00. The van der Waals surface area contributed by atoms with E-state index < -0.39 is 4.92 Å². The first-order chi connectivity index (χ1) is 15.5. The molecular formula is C23H18N4O3S2. The molecule has 1 amide bonds. The third-order valence-corrected chi connectivity index (χ3v) is 6.90. The van der Waals surface area contributed by atoms with Gasteiger partial charge in [0.15, 0.2) is 0 Å². The lowest BCUT2D eigenvalue weighted by molar-refractivity contribution is -0.384. The number of benzene rings is 2. The summed E-state index contributed by atoms with van der Waals surface area (Å²) in [5, 5.41) is 23.6. The maximum Gasteiger partial charge on any atom is 0.269 e. The van der Waals surface area contributed by atoms with Gasteiger partial charge in [-0.15, -0.1) is 0 Å². The van der Waals surface area contributed by atoms with Crippen molar-refractivity contribution >= 4 is 40.8 Å². The van der Waals surface area contributed by atoms with Gasteiger partial charge < -0.3 is 5.32 Å². The normalized spacial score (nSPS) is 12.1.